The molecule has 0 spiro atoms. The quantitative estimate of drug-likeness (QED) is 0.405. The first-order valence-corrected chi connectivity index (χ1v) is 9.70. The number of benzene rings is 2. The summed E-state index contributed by atoms with van der Waals surface area (Å²) < 4.78 is 11.1. The molecule has 0 N–H and O–H groups in total. The Hall–Kier alpha value is -2.22. The zero-order valence-electron chi connectivity index (χ0n) is 14.9. The zero-order chi connectivity index (χ0) is 18.2. The molecule has 0 bridgehead atoms. The van der Waals surface area contributed by atoms with Crippen molar-refractivity contribution >= 4 is 25.5 Å². The van der Waals surface area contributed by atoms with Crippen molar-refractivity contribution in [1.29, 1.82) is 0 Å². The van der Waals surface area contributed by atoms with E-state index in [0.717, 1.165) is 41.0 Å². The SMILES string of the molecule is COCOc1c(CC2C=CC=CC2)cccc1Pc1ccccc1C=O. The molecule has 3 rings (SSSR count). The van der Waals surface area contributed by atoms with E-state index in [-0.39, 0.29) is 6.79 Å². The fourth-order valence-corrected chi connectivity index (χ4v) is 4.34. The number of carbonyl (C=O) groups is 1. The van der Waals surface area contributed by atoms with Crippen molar-refractivity contribution in [3.8, 4) is 5.75 Å². The normalized spacial score (nSPS) is 16.3. The van der Waals surface area contributed by atoms with Gasteiger partial charge in [-0.3, -0.25) is 4.79 Å². The molecular weight excluding hydrogens is 343 g/mol. The number of carbonyl (C=O) groups excluding carboxylic acids is 1. The summed E-state index contributed by atoms with van der Waals surface area (Å²) in [6.45, 7) is 0.213. The van der Waals surface area contributed by atoms with Gasteiger partial charge in [-0.05, 0) is 29.6 Å². The Morgan fingerprint density at radius 3 is 2.73 bits per heavy atom. The molecule has 0 saturated heterocycles. The van der Waals surface area contributed by atoms with Gasteiger partial charge in [0.05, 0.1) is 0 Å². The summed E-state index contributed by atoms with van der Waals surface area (Å²) in [6, 6.07) is 14.0. The van der Waals surface area contributed by atoms with Crippen LogP contribution in [-0.4, -0.2) is 20.2 Å². The van der Waals surface area contributed by atoms with Crippen molar-refractivity contribution in [3.63, 3.8) is 0 Å². The summed E-state index contributed by atoms with van der Waals surface area (Å²) in [4.78, 5) is 11.3. The van der Waals surface area contributed by atoms with Crippen molar-refractivity contribution in [2.24, 2.45) is 5.92 Å². The molecule has 0 aromatic heterocycles. The first kappa shape index (κ1) is 18.6. The summed E-state index contributed by atoms with van der Waals surface area (Å²) >= 11 is 0. The Balaban J connectivity index is 1.90. The van der Waals surface area contributed by atoms with Crippen LogP contribution in [0.3, 0.4) is 0 Å². The summed E-state index contributed by atoms with van der Waals surface area (Å²) in [6.07, 6.45) is 11.5. The molecule has 0 heterocycles. The molecule has 1 aliphatic rings. The van der Waals surface area contributed by atoms with Crippen LogP contribution in [0.15, 0.2) is 66.8 Å². The van der Waals surface area contributed by atoms with Gasteiger partial charge in [-0.2, -0.15) is 0 Å². The van der Waals surface area contributed by atoms with Crippen molar-refractivity contribution in [1.82, 2.24) is 0 Å². The first-order chi connectivity index (χ1) is 12.8. The van der Waals surface area contributed by atoms with Crippen molar-refractivity contribution < 1.29 is 14.3 Å². The largest absolute Gasteiger partial charge is 0.467 e. The lowest BCUT2D eigenvalue weighted by Crippen LogP contribution is -2.15. The van der Waals surface area contributed by atoms with Crippen LogP contribution in [0.2, 0.25) is 0 Å². The second kappa shape index (κ2) is 9.47. The number of hydrogen-bond acceptors (Lipinski definition) is 3. The number of allylic oxidation sites excluding steroid dienone is 4. The molecule has 26 heavy (non-hydrogen) atoms. The molecule has 0 aliphatic heterocycles. The number of methoxy groups -OCH3 is 1. The van der Waals surface area contributed by atoms with Crippen LogP contribution in [0.5, 0.6) is 5.75 Å². The monoisotopic (exact) mass is 366 g/mol. The van der Waals surface area contributed by atoms with Gasteiger partial charge in [0.1, 0.15) is 5.75 Å². The van der Waals surface area contributed by atoms with Gasteiger partial charge in [0.25, 0.3) is 0 Å². The highest BCUT2D eigenvalue weighted by molar-refractivity contribution is 7.56. The Morgan fingerprint density at radius 2 is 1.96 bits per heavy atom. The lowest BCUT2D eigenvalue weighted by atomic mass is 9.93. The van der Waals surface area contributed by atoms with Gasteiger partial charge >= 0.3 is 0 Å². The maximum absolute atomic E-state index is 11.3. The second-order valence-electron chi connectivity index (χ2n) is 6.19. The Kier molecular flexibility index (Phi) is 6.76. The van der Waals surface area contributed by atoms with Crippen LogP contribution >= 0.6 is 8.58 Å². The number of ether oxygens (including phenoxy) is 2. The summed E-state index contributed by atoms with van der Waals surface area (Å²) in [5, 5.41) is 2.13. The van der Waals surface area contributed by atoms with Gasteiger partial charge in [-0.25, -0.2) is 0 Å². The van der Waals surface area contributed by atoms with E-state index in [2.05, 4.69) is 42.5 Å². The highest BCUT2D eigenvalue weighted by atomic mass is 31.1. The predicted octanol–water partition coefficient (Wildman–Crippen LogP) is 3.79. The molecule has 2 aromatic rings. The van der Waals surface area contributed by atoms with Crippen LogP contribution in [0.25, 0.3) is 0 Å². The van der Waals surface area contributed by atoms with E-state index in [1.807, 2.05) is 24.3 Å². The Bertz CT molecular complexity index is 811. The minimum atomic E-state index is 0.213. The fourth-order valence-electron chi connectivity index (χ4n) is 3.06. The van der Waals surface area contributed by atoms with Gasteiger partial charge in [-0.1, -0.05) is 75.3 Å². The zero-order valence-corrected chi connectivity index (χ0v) is 15.9. The summed E-state index contributed by atoms with van der Waals surface area (Å²) in [5.74, 6) is 1.36. The maximum Gasteiger partial charge on any atom is 0.188 e. The van der Waals surface area contributed by atoms with Crippen molar-refractivity contribution in [3.05, 3.63) is 77.9 Å². The van der Waals surface area contributed by atoms with Gasteiger partial charge in [0, 0.05) is 18.0 Å². The second-order valence-corrected chi connectivity index (χ2v) is 7.52. The molecule has 134 valence electrons. The van der Waals surface area contributed by atoms with E-state index < -0.39 is 0 Å². The Labute approximate surface area is 156 Å². The molecule has 1 aliphatic carbocycles. The van der Waals surface area contributed by atoms with Gasteiger partial charge in [0.15, 0.2) is 13.1 Å². The van der Waals surface area contributed by atoms with Crippen LogP contribution in [0.4, 0.5) is 0 Å². The fraction of sp³-hybridized carbons (Fsp3) is 0.227. The van der Waals surface area contributed by atoms with E-state index >= 15 is 0 Å². The lowest BCUT2D eigenvalue weighted by molar-refractivity contribution is 0.0511. The predicted molar refractivity (Wildman–Crippen MR) is 108 cm³/mol. The molecular formula is C22H23O3P. The van der Waals surface area contributed by atoms with Gasteiger partial charge in [-0.15, -0.1) is 0 Å². The summed E-state index contributed by atoms with van der Waals surface area (Å²) in [7, 11) is 1.98. The van der Waals surface area contributed by atoms with E-state index in [1.54, 1.807) is 7.11 Å². The topological polar surface area (TPSA) is 35.5 Å². The average Bonchev–Trinajstić information content (AvgIpc) is 2.69. The number of aldehydes is 1. The van der Waals surface area contributed by atoms with Gasteiger partial charge < -0.3 is 9.47 Å². The molecule has 2 aromatic carbocycles. The lowest BCUT2D eigenvalue weighted by Gasteiger charge is -2.19. The van der Waals surface area contributed by atoms with Crippen molar-refractivity contribution in [2.45, 2.75) is 12.8 Å². The van der Waals surface area contributed by atoms with Crippen LogP contribution in [-0.2, 0) is 11.2 Å². The van der Waals surface area contributed by atoms with E-state index in [9.17, 15) is 4.79 Å². The molecule has 0 amide bonds. The molecule has 0 saturated carbocycles. The molecule has 2 unspecified atom stereocenters. The maximum atomic E-state index is 11.3. The Morgan fingerprint density at radius 1 is 1.12 bits per heavy atom. The van der Waals surface area contributed by atoms with Crippen LogP contribution < -0.4 is 15.3 Å². The van der Waals surface area contributed by atoms with E-state index in [4.69, 9.17) is 9.47 Å². The van der Waals surface area contributed by atoms with E-state index in [1.165, 1.54) is 5.56 Å². The molecule has 2 atom stereocenters. The van der Waals surface area contributed by atoms with Gasteiger partial charge in [0.2, 0.25) is 0 Å². The number of hydrogen-bond donors (Lipinski definition) is 0. The minimum Gasteiger partial charge on any atom is -0.467 e. The smallest absolute Gasteiger partial charge is 0.188 e. The standard InChI is InChI=1S/C22H23O3P/c1-24-16-25-22-18(14-17-8-3-2-4-9-17)11-7-13-21(22)26-20-12-6-5-10-19(20)15-23/h2-8,10-13,15,17,26H,9,14,16H2,1H3. The molecule has 0 radical (unpaired) electrons. The number of para-hydroxylation sites is 1. The molecule has 4 heteroatoms. The first-order valence-electron chi connectivity index (χ1n) is 8.70. The van der Waals surface area contributed by atoms with Crippen LogP contribution in [0.1, 0.15) is 22.3 Å². The third-order valence-corrected chi connectivity index (χ3v) is 5.71. The number of rotatable bonds is 8. The molecule has 3 nitrogen and oxygen atoms in total. The summed E-state index contributed by atoms with van der Waals surface area (Å²) in [5.41, 5.74) is 1.91. The van der Waals surface area contributed by atoms with E-state index in [0.29, 0.717) is 14.5 Å². The highest BCUT2D eigenvalue weighted by Crippen LogP contribution is 2.28. The average molecular weight is 366 g/mol. The highest BCUT2D eigenvalue weighted by Gasteiger charge is 2.15. The van der Waals surface area contributed by atoms with Crippen LogP contribution in [0, 0.1) is 5.92 Å². The minimum absolute atomic E-state index is 0.213. The third-order valence-electron chi connectivity index (χ3n) is 4.33. The molecule has 0 fully saturated rings. The third kappa shape index (κ3) is 4.69. The van der Waals surface area contributed by atoms with Crippen molar-refractivity contribution in [2.75, 3.05) is 13.9 Å².